The predicted molar refractivity (Wildman–Crippen MR) is 101 cm³/mol. The maximum absolute atomic E-state index is 13.8. The van der Waals surface area contributed by atoms with Gasteiger partial charge in [-0.05, 0) is 25.0 Å². The van der Waals surface area contributed by atoms with Gasteiger partial charge in [-0.25, -0.2) is 14.2 Å². The molecule has 0 atom stereocenters. The Kier molecular flexibility index (Phi) is 4.59. The van der Waals surface area contributed by atoms with Gasteiger partial charge in [0, 0.05) is 6.04 Å². The zero-order chi connectivity index (χ0) is 19.8. The highest BCUT2D eigenvalue weighted by Gasteiger charge is 2.30. The third-order valence-electron chi connectivity index (χ3n) is 4.30. The van der Waals surface area contributed by atoms with Crippen LogP contribution in [-0.4, -0.2) is 36.3 Å². The lowest BCUT2D eigenvalue weighted by molar-refractivity contribution is 0.102. The van der Waals surface area contributed by atoms with Crippen molar-refractivity contribution in [1.29, 1.82) is 0 Å². The molecule has 2 heterocycles. The zero-order valence-electron chi connectivity index (χ0n) is 14.4. The molecule has 1 saturated carbocycles. The van der Waals surface area contributed by atoms with Crippen molar-refractivity contribution >= 4 is 23.4 Å². The standard InChI is InChI=1S/C17H15FN6O3S/c18-10-4-2-1-3-9(10)14-20-16(23-22-14)28-7-11(25)12-13(19)24(8-5-6-8)17(27)21-15(12)26/h1-4,8H,5-7,19H2,(H,20,22,23)(H,21,26,27). The van der Waals surface area contributed by atoms with Crippen molar-refractivity contribution in [3.05, 3.63) is 56.5 Å². The summed E-state index contributed by atoms with van der Waals surface area (Å²) in [5.74, 6) is -1.05. The summed E-state index contributed by atoms with van der Waals surface area (Å²) < 4.78 is 15.1. The smallest absolute Gasteiger partial charge is 0.330 e. The number of nitrogens with two attached hydrogens (primary N) is 1. The van der Waals surface area contributed by atoms with E-state index < -0.39 is 22.8 Å². The number of anilines is 1. The number of aromatic nitrogens is 5. The van der Waals surface area contributed by atoms with Gasteiger partial charge in [0.05, 0.1) is 11.3 Å². The van der Waals surface area contributed by atoms with E-state index in [1.165, 1.54) is 10.6 Å². The lowest BCUT2D eigenvalue weighted by Gasteiger charge is -2.10. The number of H-pyrrole nitrogens is 2. The lowest BCUT2D eigenvalue weighted by Crippen LogP contribution is -2.36. The molecule has 11 heteroatoms. The molecule has 1 fully saturated rings. The Hall–Kier alpha value is -3.21. The van der Waals surface area contributed by atoms with Crippen molar-refractivity contribution < 1.29 is 9.18 Å². The number of thioether (sulfide) groups is 1. The van der Waals surface area contributed by atoms with Crippen molar-refractivity contribution in [2.24, 2.45) is 0 Å². The van der Waals surface area contributed by atoms with Crippen LogP contribution in [0, 0.1) is 5.82 Å². The molecule has 4 rings (SSSR count). The SMILES string of the molecule is Nc1c(C(=O)CSc2n[nH]c(-c3ccccc3F)n2)c(=O)[nH]c(=O)n1C1CC1. The number of nitrogens with one attached hydrogen (secondary N) is 2. The number of Topliss-reactive ketones (excluding diaryl/α,β-unsaturated/α-hetero) is 1. The second kappa shape index (κ2) is 7.08. The molecule has 4 N–H and O–H groups in total. The van der Waals surface area contributed by atoms with Crippen molar-refractivity contribution in [3.8, 4) is 11.4 Å². The van der Waals surface area contributed by atoms with Crippen LogP contribution in [-0.2, 0) is 0 Å². The van der Waals surface area contributed by atoms with E-state index in [0.29, 0.717) is 0 Å². The predicted octanol–water partition coefficient (Wildman–Crippen LogP) is 1.35. The number of ketones is 1. The summed E-state index contributed by atoms with van der Waals surface area (Å²) in [6, 6.07) is 6.00. The minimum Gasteiger partial charge on any atom is -0.384 e. The van der Waals surface area contributed by atoms with Gasteiger partial charge in [0.2, 0.25) is 5.16 Å². The largest absolute Gasteiger partial charge is 0.384 e. The van der Waals surface area contributed by atoms with E-state index in [2.05, 4.69) is 20.2 Å². The van der Waals surface area contributed by atoms with Crippen molar-refractivity contribution in [3.63, 3.8) is 0 Å². The Bertz CT molecular complexity index is 1180. The van der Waals surface area contributed by atoms with Crippen LogP contribution in [0.3, 0.4) is 0 Å². The maximum Gasteiger partial charge on any atom is 0.330 e. The highest BCUT2D eigenvalue weighted by Crippen LogP contribution is 2.35. The van der Waals surface area contributed by atoms with Crippen molar-refractivity contribution in [2.45, 2.75) is 24.0 Å². The summed E-state index contributed by atoms with van der Waals surface area (Å²) in [5, 5.41) is 6.79. The molecule has 0 saturated heterocycles. The van der Waals surface area contributed by atoms with Crippen LogP contribution in [0.4, 0.5) is 10.2 Å². The average molecular weight is 402 g/mol. The van der Waals surface area contributed by atoms with Gasteiger partial charge in [0.1, 0.15) is 17.2 Å². The van der Waals surface area contributed by atoms with Crippen molar-refractivity contribution in [2.75, 3.05) is 11.5 Å². The fourth-order valence-electron chi connectivity index (χ4n) is 2.82. The second-order valence-electron chi connectivity index (χ2n) is 6.28. The Balaban J connectivity index is 1.53. The Morgan fingerprint density at radius 3 is 2.79 bits per heavy atom. The number of nitrogen functional groups attached to an aromatic ring is 1. The molecule has 9 nitrogen and oxygen atoms in total. The zero-order valence-corrected chi connectivity index (χ0v) is 15.3. The Morgan fingerprint density at radius 2 is 2.07 bits per heavy atom. The molecule has 2 aromatic heterocycles. The quantitative estimate of drug-likeness (QED) is 0.418. The number of hydrogen-bond acceptors (Lipinski definition) is 7. The summed E-state index contributed by atoms with van der Waals surface area (Å²) in [7, 11) is 0. The molecule has 0 radical (unpaired) electrons. The summed E-state index contributed by atoms with van der Waals surface area (Å²) >= 11 is 0.975. The van der Waals surface area contributed by atoms with E-state index in [9.17, 15) is 18.8 Å². The molecule has 1 aliphatic carbocycles. The van der Waals surface area contributed by atoms with Gasteiger partial charge in [-0.3, -0.25) is 24.2 Å². The van der Waals surface area contributed by atoms with Crippen LogP contribution in [0.5, 0.6) is 0 Å². The first-order valence-electron chi connectivity index (χ1n) is 8.43. The van der Waals surface area contributed by atoms with Crippen LogP contribution in [0.25, 0.3) is 11.4 Å². The van der Waals surface area contributed by atoms with Gasteiger partial charge < -0.3 is 5.73 Å². The lowest BCUT2D eigenvalue weighted by atomic mass is 10.2. The number of rotatable bonds is 6. The molecule has 0 amide bonds. The minimum atomic E-state index is -0.813. The van der Waals surface area contributed by atoms with E-state index in [-0.39, 0.29) is 39.7 Å². The van der Waals surface area contributed by atoms with E-state index in [1.807, 2.05) is 0 Å². The number of carbonyl (C=O) groups is 1. The fourth-order valence-corrected chi connectivity index (χ4v) is 3.49. The normalized spacial score (nSPS) is 13.6. The molecule has 0 aliphatic heterocycles. The molecule has 0 spiro atoms. The molecule has 1 aromatic carbocycles. The molecule has 3 aromatic rings. The van der Waals surface area contributed by atoms with Crippen LogP contribution in [0.1, 0.15) is 29.2 Å². The topological polar surface area (TPSA) is 140 Å². The van der Waals surface area contributed by atoms with Gasteiger partial charge in [-0.2, -0.15) is 0 Å². The number of nitrogens with zero attached hydrogens (tertiary/aromatic N) is 3. The molecular weight excluding hydrogens is 387 g/mol. The summed E-state index contributed by atoms with van der Waals surface area (Å²) in [6.07, 6.45) is 1.54. The number of halogens is 1. The van der Waals surface area contributed by atoms with Crippen LogP contribution < -0.4 is 17.0 Å². The molecular formula is C17H15FN6O3S. The fraction of sp³-hybridized carbons (Fsp3) is 0.235. The molecule has 144 valence electrons. The monoisotopic (exact) mass is 402 g/mol. The average Bonchev–Trinajstić information content (AvgIpc) is 3.36. The van der Waals surface area contributed by atoms with Crippen LogP contribution in [0.15, 0.2) is 39.0 Å². The van der Waals surface area contributed by atoms with E-state index in [4.69, 9.17) is 5.73 Å². The molecule has 28 heavy (non-hydrogen) atoms. The number of carbonyl (C=O) groups excluding carboxylic acids is 1. The first-order valence-corrected chi connectivity index (χ1v) is 9.42. The minimum absolute atomic E-state index is 0.0834. The highest BCUT2D eigenvalue weighted by atomic mass is 32.2. The second-order valence-corrected chi connectivity index (χ2v) is 7.22. The number of hydrogen-bond donors (Lipinski definition) is 3. The molecule has 1 aliphatic rings. The van der Waals surface area contributed by atoms with Gasteiger partial charge in [0.25, 0.3) is 5.56 Å². The third kappa shape index (κ3) is 3.36. The Labute approximate surface area is 161 Å². The van der Waals surface area contributed by atoms with Crippen LogP contribution in [0.2, 0.25) is 0 Å². The van der Waals surface area contributed by atoms with Crippen LogP contribution >= 0.6 is 11.8 Å². The van der Waals surface area contributed by atoms with Gasteiger partial charge in [-0.1, -0.05) is 23.9 Å². The number of benzene rings is 1. The van der Waals surface area contributed by atoms with Gasteiger partial charge >= 0.3 is 5.69 Å². The first kappa shape index (κ1) is 18.2. The third-order valence-corrected chi connectivity index (χ3v) is 5.15. The van der Waals surface area contributed by atoms with E-state index >= 15 is 0 Å². The van der Waals surface area contributed by atoms with Crippen molar-refractivity contribution in [1.82, 2.24) is 24.7 Å². The summed E-state index contributed by atoms with van der Waals surface area (Å²) in [4.78, 5) is 42.8. The van der Waals surface area contributed by atoms with Gasteiger partial charge in [0.15, 0.2) is 11.6 Å². The summed E-state index contributed by atoms with van der Waals surface area (Å²) in [6.45, 7) is 0. The molecule has 0 bridgehead atoms. The maximum atomic E-state index is 13.8. The first-order chi connectivity index (χ1) is 13.5. The van der Waals surface area contributed by atoms with Gasteiger partial charge in [-0.15, -0.1) is 5.10 Å². The van der Waals surface area contributed by atoms with E-state index in [0.717, 1.165) is 24.6 Å². The number of aromatic amines is 2. The Morgan fingerprint density at radius 1 is 1.32 bits per heavy atom. The molecule has 0 unspecified atom stereocenters. The van der Waals surface area contributed by atoms with E-state index in [1.54, 1.807) is 18.2 Å². The highest BCUT2D eigenvalue weighted by molar-refractivity contribution is 7.99. The summed E-state index contributed by atoms with van der Waals surface area (Å²) in [5.41, 5.74) is 4.51.